The molecule has 1 N–H and O–H groups in total. The molecule has 1 saturated carbocycles. The lowest BCUT2D eigenvalue weighted by atomic mass is 9.82. The van der Waals surface area contributed by atoms with Gasteiger partial charge in [0.05, 0.1) is 5.56 Å². The van der Waals surface area contributed by atoms with Gasteiger partial charge in [-0.2, -0.15) is 0 Å². The Kier molecular flexibility index (Phi) is 4.29. The van der Waals surface area contributed by atoms with Gasteiger partial charge in [0.1, 0.15) is 0 Å². The van der Waals surface area contributed by atoms with Gasteiger partial charge in [0, 0.05) is 18.1 Å². The average molecular weight is 280 g/mol. The lowest BCUT2D eigenvalue weighted by molar-refractivity contribution is 0.102. The molecule has 0 saturated heterocycles. The molecule has 2 aromatic rings. The van der Waals surface area contributed by atoms with Crippen LogP contribution < -0.4 is 5.32 Å². The highest BCUT2D eigenvalue weighted by Gasteiger charge is 2.21. The number of pyridine rings is 1. The number of amides is 1. The normalized spacial score (nSPS) is 15.6. The van der Waals surface area contributed by atoms with E-state index in [1.165, 1.54) is 32.1 Å². The molecule has 1 aliphatic carbocycles. The van der Waals surface area contributed by atoms with E-state index in [0.29, 0.717) is 11.5 Å². The van der Waals surface area contributed by atoms with Crippen molar-refractivity contribution < 1.29 is 4.79 Å². The van der Waals surface area contributed by atoms with E-state index in [1.807, 2.05) is 36.4 Å². The molecule has 0 unspecified atom stereocenters. The second-order valence-corrected chi connectivity index (χ2v) is 5.62. The van der Waals surface area contributed by atoms with E-state index < -0.39 is 0 Å². The molecule has 3 heteroatoms. The molecule has 0 bridgehead atoms. The number of anilines is 1. The molecule has 1 amide bonds. The number of carbonyl (C=O) groups excluding carboxylic acids is 1. The van der Waals surface area contributed by atoms with Crippen molar-refractivity contribution in [2.45, 2.75) is 38.0 Å². The summed E-state index contributed by atoms with van der Waals surface area (Å²) in [7, 11) is 0. The quantitative estimate of drug-likeness (QED) is 0.906. The van der Waals surface area contributed by atoms with Crippen LogP contribution in [0.3, 0.4) is 0 Å². The minimum atomic E-state index is -0.0603. The van der Waals surface area contributed by atoms with Crippen molar-refractivity contribution in [3.8, 4) is 0 Å². The van der Waals surface area contributed by atoms with Crippen molar-refractivity contribution in [3.63, 3.8) is 0 Å². The SMILES string of the molecule is O=C(Nc1ccccc1)c1cnccc1C1CCCCC1. The molecular weight excluding hydrogens is 260 g/mol. The van der Waals surface area contributed by atoms with Crippen molar-refractivity contribution >= 4 is 11.6 Å². The van der Waals surface area contributed by atoms with E-state index in [4.69, 9.17) is 0 Å². The lowest BCUT2D eigenvalue weighted by Crippen LogP contribution is -2.17. The third-order valence-electron chi connectivity index (χ3n) is 4.18. The van der Waals surface area contributed by atoms with Gasteiger partial charge in [-0.3, -0.25) is 9.78 Å². The van der Waals surface area contributed by atoms with Gasteiger partial charge in [-0.15, -0.1) is 0 Å². The second-order valence-electron chi connectivity index (χ2n) is 5.62. The number of hydrogen-bond acceptors (Lipinski definition) is 2. The van der Waals surface area contributed by atoms with Gasteiger partial charge < -0.3 is 5.32 Å². The van der Waals surface area contributed by atoms with E-state index in [9.17, 15) is 4.79 Å². The van der Waals surface area contributed by atoms with Gasteiger partial charge >= 0.3 is 0 Å². The van der Waals surface area contributed by atoms with Crippen molar-refractivity contribution in [2.75, 3.05) is 5.32 Å². The van der Waals surface area contributed by atoms with Gasteiger partial charge in [0.2, 0.25) is 0 Å². The van der Waals surface area contributed by atoms with E-state index >= 15 is 0 Å². The third-order valence-corrected chi connectivity index (χ3v) is 4.18. The Morgan fingerprint density at radius 1 is 1.05 bits per heavy atom. The van der Waals surface area contributed by atoms with Gasteiger partial charge in [-0.1, -0.05) is 37.5 Å². The van der Waals surface area contributed by atoms with Crippen molar-refractivity contribution in [1.82, 2.24) is 4.98 Å². The highest BCUT2D eigenvalue weighted by Crippen LogP contribution is 2.34. The molecule has 1 aliphatic rings. The zero-order valence-corrected chi connectivity index (χ0v) is 12.1. The Morgan fingerprint density at radius 3 is 2.57 bits per heavy atom. The first-order valence-corrected chi connectivity index (χ1v) is 7.65. The highest BCUT2D eigenvalue weighted by atomic mass is 16.1. The average Bonchev–Trinajstić information content (AvgIpc) is 2.56. The van der Waals surface area contributed by atoms with Gasteiger partial charge in [0.25, 0.3) is 5.91 Å². The standard InChI is InChI=1S/C18H20N2O/c21-18(20-15-9-5-2-6-10-15)17-13-19-12-11-16(17)14-7-3-1-4-8-14/h2,5-6,9-14H,1,3-4,7-8H2,(H,20,21). The van der Waals surface area contributed by atoms with Crippen molar-refractivity contribution in [2.24, 2.45) is 0 Å². The molecule has 0 atom stereocenters. The lowest BCUT2D eigenvalue weighted by Gasteiger charge is -2.23. The summed E-state index contributed by atoms with van der Waals surface area (Å²) >= 11 is 0. The van der Waals surface area contributed by atoms with Gasteiger partial charge in [-0.05, 0) is 42.5 Å². The molecule has 0 radical (unpaired) electrons. The Bertz CT molecular complexity index is 604. The Labute approximate surface area is 125 Å². The van der Waals surface area contributed by atoms with Crippen LogP contribution in [-0.4, -0.2) is 10.9 Å². The molecule has 0 spiro atoms. The molecule has 1 aromatic carbocycles. The summed E-state index contributed by atoms with van der Waals surface area (Å²) in [5.41, 5.74) is 2.69. The highest BCUT2D eigenvalue weighted by molar-refractivity contribution is 6.05. The molecule has 0 aliphatic heterocycles. The fraction of sp³-hybridized carbons (Fsp3) is 0.333. The Balaban J connectivity index is 1.82. The number of benzene rings is 1. The third kappa shape index (κ3) is 3.30. The number of nitrogens with zero attached hydrogens (tertiary/aromatic N) is 1. The summed E-state index contributed by atoms with van der Waals surface area (Å²) in [4.78, 5) is 16.7. The maximum absolute atomic E-state index is 12.5. The number of para-hydroxylation sites is 1. The molecule has 3 nitrogen and oxygen atoms in total. The van der Waals surface area contributed by atoms with Crippen LogP contribution in [0.25, 0.3) is 0 Å². The predicted octanol–water partition coefficient (Wildman–Crippen LogP) is 4.38. The van der Waals surface area contributed by atoms with Crippen LogP contribution in [0.4, 0.5) is 5.69 Å². The molecule has 1 fully saturated rings. The van der Waals surface area contributed by atoms with Crippen LogP contribution >= 0.6 is 0 Å². The van der Waals surface area contributed by atoms with Gasteiger partial charge in [-0.25, -0.2) is 0 Å². The first kappa shape index (κ1) is 13.8. The maximum atomic E-state index is 12.5. The number of rotatable bonds is 3. The molecule has 1 heterocycles. The summed E-state index contributed by atoms with van der Waals surface area (Å²) in [6, 6.07) is 11.6. The Hall–Kier alpha value is -2.16. The molecular formula is C18H20N2O. The summed E-state index contributed by atoms with van der Waals surface area (Å²) < 4.78 is 0. The van der Waals surface area contributed by atoms with E-state index in [2.05, 4.69) is 10.3 Å². The monoisotopic (exact) mass is 280 g/mol. The number of nitrogens with one attached hydrogen (secondary N) is 1. The van der Waals surface area contributed by atoms with Crippen LogP contribution in [0.5, 0.6) is 0 Å². The minimum Gasteiger partial charge on any atom is -0.322 e. The summed E-state index contributed by atoms with van der Waals surface area (Å²) in [6.45, 7) is 0. The fourth-order valence-corrected chi connectivity index (χ4v) is 3.08. The fourth-order valence-electron chi connectivity index (χ4n) is 3.08. The second kappa shape index (κ2) is 6.53. The smallest absolute Gasteiger partial charge is 0.257 e. The van der Waals surface area contributed by atoms with Crippen LogP contribution in [-0.2, 0) is 0 Å². The summed E-state index contributed by atoms with van der Waals surface area (Å²) in [6.07, 6.45) is 9.67. The van der Waals surface area contributed by atoms with Crippen molar-refractivity contribution in [1.29, 1.82) is 0 Å². The zero-order valence-electron chi connectivity index (χ0n) is 12.1. The topological polar surface area (TPSA) is 42.0 Å². The number of hydrogen-bond donors (Lipinski definition) is 1. The largest absolute Gasteiger partial charge is 0.322 e. The maximum Gasteiger partial charge on any atom is 0.257 e. The van der Waals surface area contributed by atoms with Gasteiger partial charge in [0.15, 0.2) is 0 Å². The first-order chi connectivity index (χ1) is 10.3. The van der Waals surface area contributed by atoms with Crippen LogP contribution in [0.1, 0.15) is 53.9 Å². The zero-order chi connectivity index (χ0) is 14.5. The van der Waals surface area contributed by atoms with Crippen LogP contribution in [0, 0.1) is 0 Å². The molecule has 3 rings (SSSR count). The number of aromatic nitrogens is 1. The molecule has 1 aromatic heterocycles. The van der Waals surface area contributed by atoms with Crippen LogP contribution in [0.2, 0.25) is 0 Å². The van der Waals surface area contributed by atoms with E-state index in [1.54, 1.807) is 12.4 Å². The Morgan fingerprint density at radius 2 is 1.81 bits per heavy atom. The summed E-state index contributed by atoms with van der Waals surface area (Å²) in [5, 5.41) is 2.96. The molecule has 21 heavy (non-hydrogen) atoms. The van der Waals surface area contributed by atoms with E-state index in [-0.39, 0.29) is 5.91 Å². The molecule has 108 valence electrons. The predicted molar refractivity (Wildman–Crippen MR) is 84.5 cm³/mol. The van der Waals surface area contributed by atoms with Crippen molar-refractivity contribution in [3.05, 3.63) is 59.9 Å². The van der Waals surface area contributed by atoms with E-state index in [0.717, 1.165) is 11.3 Å². The minimum absolute atomic E-state index is 0.0603. The van der Waals surface area contributed by atoms with Crippen LogP contribution in [0.15, 0.2) is 48.8 Å². The number of carbonyl (C=O) groups is 1. The first-order valence-electron chi connectivity index (χ1n) is 7.65. The summed E-state index contributed by atoms with van der Waals surface area (Å²) in [5.74, 6) is 0.438.